The van der Waals surface area contributed by atoms with Gasteiger partial charge in [-0.15, -0.1) is 0 Å². The molecule has 1 saturated heterocycles. The van der Waals surface area contributed by atoms with E-state index in [9.17, 15) is 0 Å². The standard InChI is InChI=1S/C16H24N6/c1-17-15-11-20-14(10-21-15)9-13-3-2-7-22(8-4-13)12-16-18-5-6-19-16/h5-6,10-11,13H,2-4,7-9,12H2,1H3,(H,17,21)(H,18,19)/t13-/m1/s1. The van der Waals surface area contributed by atoms with Gasteiger partial charge in [0.25, 0.3) is 0 Å². The van der Waals surface area contributed by atoms with Gasteiger partial charge in [0.05, 0.1) is 24.6 Å². The number of aromatic amines is 1. The summed E-state index contributed by atoms with van der Waals surface area (Å²) in [6.07, 6.45) is 12.2. The van der Waals surface area contributed by atoms with E-state index in [0.29, 0.717) is 5.92 Å². The molecule has 2 aromatic rings. The van der Waals surface area contributed by atoms with Crippen LogP contribution in [0.15, 0.2) is 24.8 Å². The smallest absolute Gasteiger partial charge is 0.144 e. The highest BCUT2D eigenvalue weighted by Crippen LogP contribution is 2.21. The molecule has 0 unspecified atom stereocenters. The summed E-state index contributed by atoms with van der Waals surface area (Å²) in [4.78, 5) is 18.9. The zero-order valence-corrected chi connectivity index (χ0v) is 13.1. The van der Waals surface area contributed by atoms with Crippen molar-refractivity contribution in [1.82, 2.24) is 24.8 Å². The lowest BCUT2D eigenvalue weighted by molar-refractivity contribution is 0.266. The highest BCUT2D eigenvalue weighted by molar-refractivity contribution is 5.29. The Labute approximate surface area is 131 Å². The largest absolute Gasteiger partial charge is 0.372 e. The Balaban J connectivity index is 1.51. The average Bonchev–Trinajstić information content (AvgIpc) is 2.96. The number of imidazole rings is 1. The first kappa shape index (κ1) is 15.0. The molecule has 1 fully saturated rings. The molecule has 1 atom stereocenters. The number of H-pyrrole nitrogens is 1. The molecule has 1 aliphatic rings. The number of nitrogens with zero attached hydrogens (tertiary/aromatic N) is 4. The number of rotatable bonds is 5. The van der Waals surface area contributed by atoms with E-state index in [4.69, 9.17) is 0 Å². The zero-order chi connectivity index (χ0) is 15.2. The van der Waals surface area contributed by atoms with Crippen molar-refractivity contribution < 1.29 is 0 Å². The summed E-state index contributed by atoms with van der Waals surface area (Å²) < 4.78 is 0. The minimum Gasteiger partial charge on any atom is -0.372 e. The van der Waals surface area contributed by atoms with E-state index in [1.54, 1.807) is 0 Å². The van der Waals surface area contributed by atoms with Gasteiger partial charge in [0.15, 0.2) is 0 Å². The second-order valence-electron chi connectivity index (χ2n) is 5.96. The predicted molar refractivity (Wildman–Crippen MR) is 86.5 cm³/mol. The molecule has 3 rings (SSSR count). The summed E-state index contributed by atoms with van der Waals surface area (Å²) in [6.45, 7) is 3.21. The first-order valence-corrected chi connectivity index (χ1v) is 8.03. The van der Waals surface area contributed by atoms with Gasteiger partial charge in [-0.2, -0.15) is 0 Å². The van der Waals surface area contributed by atoms with E-state index in [1.165, 1.54) is 19.3 Å². The lowest BCUT2D eigenvalue weighted by atomic mass is 9.95. The Morgan fingerprint density at radius 2 is 2.18 bits per heavy atom. The van der Waals surface area contributed by atoms with E-state index in [2.05, 4.69) is 30.2 Å². The molecule has 2 N–H and O–H groups in total. The van der Waals surface area contributed by atoms with Gasteiger partial charge in [0.1, 0.15) is 11.6 Å². The molecular formula is C16H24N6. The van der Waals surface area contributed by atoms with E-state index in [0.717, 1.165) is 43.4 Å². The molecule has 0 aliphatic carbocycles. The third kappa shape index (κ3) is 4.04. The monoisotopic (exact) mass is 300 g/mol. The zero-order valence-electron chi connectivity index (χ0n) is 13.1. The van der Waals surface area contributed by atoms with Crippen molar-refractivity contribution in [1.29, 1.82) is 0 Å². The summed E-state index contributed by atoms with van der Waals surface area (Å²) in [5.41, 5.74) is 1.10. The minimum absolute atomic E-state index is 0.705. The first-order chi connectivity index (χ1) is 10.8. The van der Waals surface area contributed by atoms with Crippen molar-refractivity contribution in [2.45, 2.75) is 32.2 Å². The maximum absolute atomic E-state index is 4.50. The first-order valence-electron chi connectivity index (χ1n) is 8.03. The highest BCUT2D eigenvalue weighted by atomic mass is 15.1. The summed E-state index contributed by atoms with van der Waals surface area (Å²) in [6, 6.07) is 0. The van der Waals surface area contributed by atoms with E-state index < -0.39 is 0 Å². The van der Waals surface area contributed by atoms with Gasteiger partial charge in [-0.05, 0) is 44.7 Å². The molecule has 0 radical (unpaired) electrons. The molecule has 6 heteroatoms. The highest BCUT2D eigenvalue weighted by Gasteiger charge is 2.18. The minimum atomic E-state index is 0.705. The van der Waals surface area contributed by atoms with Crippen LogP contribution in [0.2, 0.25) is 0 Å². The molecule has 118 valence electrons. The van der Waals surface area contributed by atoms with Crippen molar-refractivity contribution in [3.05, 3.63) is 36.3 Å². The summed E-state index contributed by atoms with van der Waals surface area (Å²) in [5.74, 6) is 2.59. The van der Waals surface area contributed by atoms with Crippen LogP contribution in [0.1, 0.15) is 30.8 Å². The molecule has 1 aliphatic heterocycles. The normalized spacial score (nSPS) is 19.8. The van der Waals surface area contributed by atoms with Crippen LogP contribution >= 0.6 is 0 Å². The number of hydrogen-bond donors (Lipinski definition) is 2. The SMILES string of the molecule is CNc1cnc(C[C@@H]2CCCN(Cc3ncc[nH]3)CC2)cn1. The molecule has 2 aromatic heterocycles. The van der Waals surface area contributed by atoms with Crippen molar-refractivity contribution in [2.75, 3.05) is 25.5 Å². The third-order valence-electron chi connectivity index (χ3n) is 4.33. The fourth-order valence-electron chi connectivity index (χ4n) is 3.07. The molecule has 0 bridgehead atoms. The summed E-state index contributed by atoms with van der Waals surface area (Å²) in [7, 11) is 1.86. The molecule has 22 heavy (non-hydrogen) atoms. The van der Waals surface area contributed by atoms with E-state index >= 15 is 0 Å². The Kier molecular flexibility index (Phi) is 5.00. The van der Waals surface area contributed by atoms with E-state index in [1.807, 2.05) is 31.8 Å². The number of anilines is 1. The Morgan fingerprint density at radius 1 is 1.23 bits per heavy atom. The number of aromatic nitrogens is 4. The van der Waals surface area contributed by atoms with Gasteiger partial charge in [-0.3, -0.25) is 9.88 Å². The van der Waals surface area contributed by atoms with E-state index in [-0.39, 0.29) is 0 Å². The van der Waals surface area contributed by atoms with Crippen molar-refractivity contribution in [3.8, 4) is 0 Å². The van der Waals surface area contributed by atoms with Gasteiger partial charge in [0, 0.05) is 19.4 Å². The molecule has 0 amide bonds. The van der Waals surface area contributed by atoms with Crippen LogP contribution in [0.4, 0.5) is 5.82 Å². The Hall–Kier alpha value is -1.95. The van der Waals surface area contributed by atoms with Gasteiger partial charge in [0.2, 0.25) is 0 Å². The number of likely N-dealkylation sites (tertiary alicyclic amines) is 1. The fourth-order valence-corrected chi connectivity index (χ4v) is 3.07. The molecule has 0 aromatic carbocycles. The van der Waals surface area contributed by atoms with Crippen molar-refractivity contribution >= 4 is 5.82 Å². The van der Waals surface area contributed by atoms with Crippen LogP contribution in [0.3, 0.4) is 0 Å². The van der Waals surface area contributed by atoms with Crippen LogP contribution in [0.5, 0.6) is 0 Å². The van der Waals surface area contributed by atoms with Crippen molar-refractivity contribution in [2.24, 2.45) is 5.92 Å². The number of nitrogens with one attached hydrogen (secondary N) is 2. The van der Waals surface area contributed by atoms with Gasteiger partial charge >= 0.3 is 0 Å². The second kappa shape index (κ2) is 7.35. The second-order valence-corrected chi connectivity index (χ2v) is 5.96. The van der Waals surface area contributed by atoms with Crippen LogP contribution in [-0.4, -0.2) is 45.0 Å². The summed E-state index contributed by atoms with van der Waals surface area (Å²) >= 11 is 0. The van der Waals surface area contributed by atoms with Crippen molar-refractivity contribution in [3.63, 3.8) is 0 Å². The maximum atomic E-state index is 4.50. The molecule has 6 nitrogen and oxygen atoms in total. The fraction of sp³-hybridized carbons (Fsp3) is 0.562. The predicted octanol–water partition coefficient (Wildman–Crippen LogP) is 2.09. The number of hydrogen-bond acceptors (Lipinski definition) is 5. The molecule has 3 heterocycles. The van der Waals surface area contributed by atoms with Gasteiger partial charge in [-0.25, -0.2) is 9.97 Å². The summed E-state index contributed by atoms with van der Waals surface area (Å²) in [5, 5.41) is 3.01. The van der Waals surface area contributed by atoms with Crippen LogP contribution in [0, 0.1) is 5.92 Å². The topological polar surface area (TPSA) is 69.7 Å². The molecule has 0 saturated carbocycles. The quantitative estimate of drug-likeness (QED) is 0.885. The Bertz CT molecular complexity index is 551. The lowest BCUT2D eigenvalue weighted by Crippen LogP contribution is -2.25. The van der Waals surface area contributed by atoms with Crippen LogP contribution in [-0.2, 0) is 13.0 Å². The lowest BCUT2D eigenvalue weighted by Gasteiger charge is -2.18. The van der Waals surface area contributed by atoms with Crippen LogP contribution in [0.25, 0.3) is 0 Å². The van der Waals surface area contributed by atoms with Gasteiger partial charge in [-0.1, -0.05) is 0 Å². The third-order valence-corrected chi connectivity index (χ3v) is 4.33. The maximum Gasteiger partial charge on any atom is 0.144 e. The van der Waals surface area contributed by atoms with Crippen LogP contribution < -0.4 is 5.32 Å². The Morgan fingerprint density at radius 3 is 2.91 bits per heavy atom. The molecular weight excluding hydrogens is 276 g/mol. The average molecular weight is 300 g/mol. The van der Waals surface area contributed by atoms with Gasteiger partial charge < -0.3 is 10.3 Å². The molecule has 0 spiro atoms.